The summed E-state index contributed by atoms with van der Waals surface area (Å²) in [6, 6.07) is 9.22. The summed E-state index contributed by atoms with van der Waals surface area (Å²) in [5.41, 5.74) is 0.780. The lowest BCUT2D eigenvalue weighted by Crippen LogP contribution is -2.40. The molecule has 0 aromatic heterocycles. The molecular weight excluding hydrogens is 322 g/mol. The molecule has 1 aromatic rings. The van der Waals surface area contributed by atoms with E-state index in [2.05, 4.69) is 31.4 Å². The summed E-state index contributed by atoms with van der Waals surface area (Å²) in [6.07, 6.45) is 2.39. The standard InChI is InChI=1S/C19H26ClN3O/c1-18(2,3)13-19(4,5)23-12-15(10-21)17(24)22-11-14-8-6-7-9-16(14)20/h6-9,12,23H,11,13H2,1-5H3,(H,22,24)/b15-12-. The Balaban J connectivity index is 2.70. The van der Waals surface area contributed by atoms with Gasteiger partial charge >= 0.3 is 0 Å². The minimum absolute atomic E-state index is 0.0454. The Labute approximate surface area is 149 Å². The van der Waals surface area contributed by atoms with Gasteiger partial charge in [-0.3, -0.25) is 4.79 Å². The van der Waals surface area contributed by atoms with Gasteiger partial charge in [0.2, 0.25) is 0 Å². The Morgan fingerprint density at radius 2 is 1.88 bits per heavy atom. The van der Waals surface area contributed by atoms with Gasteiger partial charge in [0.15, 0.2) is 0 Å². The third-order valence-corrected chi connectivity index (χ3v) is 3.71. The molecule has 2 N–H and O–H groups in total. The number of hydrogen-bond acceptors (Lipinski definition) is 3. The zero-order chi connectivity index (χ0) is 18.4. The molecule has 0 saturated carbocycles. The molecule has 4 nitrogen and oxygen atoms in total. The van der Waals surface area contributed by atoms with Crippen LogP contribution in [-0.4, -0.2) is 11.4 Å². The minimum atomic E-state index is -0.420. The number of benzene rings is 1. The summed E-state index contributed by atoms with van der Waals surface area (Å²) in [6.45, 7) is 10.8. The van der Waals surface area contributed by atoms with Gasteiger partial charge in [0.1, 0.15) is 11.6 Å². The molecule has 5 heteroatoms. The van der Waals surface area contributed by atoms with Crippen molar-refractivity contribution in [1.29, 1.82) is 5.26 Å². The number of hydrogen-bond donors (Lipinski definition) is 2. The monoisotopic (exact) mass is 347 g/mol. The number of nitrogens with zero attached hydrogens (tertiary/aromatic N) is 1. The van der Waals surface area contributed by atoms with E-state index in [1.54, 1.807) is 6.07 Å². The van der Waals surface area contributed by atoms with Gasteiger partial charge in [-0.15, -0.1) is 0 Å². The first-order chi connectivity index (χ1) is 11.0. The van der Waals surface area contributed by atoms with Crippen molar-refractivity contribution in [2.24, 2.45) is 5.41 Å². The van der Waals surface area contributed by atoms with Gasteiger partial charge in [0, 0.05) is 23.3 Å². The summed E-state index contributed by atoms with van der Waals surface area (Å²) in [4.78, 5) is 12.2. The number of rotatable bonds is 6. The van der Waals surface area contributed by atoms with Crippen molar-refractivity contribution < 1.29 is 4.79 Å². The molecular formula is C19H26ClN3O. The van der Waals surface area contributed by atoms with Crippen LogP contribution in [0.2, 0.25) is 5.02 Å². The Morgan fingerprint density at radius 3 is 2.42 bits per heavy atom. The lowest BCUT2D eigenvalue weighted by molar-refractivity contribution is -0.117. The van der Waals surface area contributed by atoms with E-state index >= 15 is 0 Å². The third-order valence-electron chi connectivity index (χ3n) is 3.34. The van der Waals surface area contributed by atoms with Crippen LogP contribution < -0.4 is 10.6 Å². The molecule has 0 fully saturated rings. The molecule has 130 valence electrons. The highest BCUT2D eigenvalue weighted by atomic mass is 35.5. The SMILES string of the molecule is CC(C)(C)CC(C)(C)N/C=C(/C#N)C(=O)NCc1ccccc1Cl. The van der Waals surface area contributed by atoms with Crippen molar-refractivity contribution >= 4 is 17.5 Å². The first-order valence-corrected chi connectivity index (χ1v) is 8.31. The Morgan fingerprint density at radius 1 is 1.25 bits per heavy atom. The second kappa shape index (κ2) is 8.21. The maximum absolute atomic E-state index is 12.2. The maximum Gasteiger partial charge on any atom is 0.263 e. The van der Waals surface area contributed by atoms with E-state index in [1.165, 1.54) is 6.20 Å². The number of halogens is 1. The number of nitriles is 1. The van der Waals surface area contributed by atoms with Gasteiger partial charge in [-0.2, -0.15) is 5.26 Å². The van der Waals surface area contributed by atoms with Crippen LogP contribution >= 0.6 is 11.6 Å². The smallest absolute Gasteiger partial charge is 0.263 e. The number of amides is 1. The molecule has 1 aromatic carbocycles. The molecule has 0 saturated heterocycles. The van der Waals surface area contributed by atoms with Gasteiger partial charge in [0.25, 0.3) is 5.91 Å². The fourth-order valence-corrected chi connectivity index (χ4v) is 2.91. The molecule has 1 amide bonds. The fraction of sp³-hybridized carbons (Fsp3) is 0.474. The molecule has 1 rings (SSSR count). The number of nitrogens with one attached hydrogen (secondary N) is 2. The quantitative estimate of drug-likeness (QED) is 0.599. The molecule has 0 spiro atoms. The third kappa shape index (κ3) is 7.06. The predicted molar refractivity (Wildman–Crippen MR) is 98.3 cm³/mol. The second-order valence-electron chi connectivity index (χ2n) is 7.71. The lowest BCUT2D eigenvalue weighted by atomic mass is 9.82. The largest absolute Gasteiger partial charge is 0.385 e. The van der Waals surface area contributed by atoms with E-state index in [0.29, 0.717) is 5.02 Å². The molecule has 0 radical (unpaired) electrons. The minimum Gasteiger partial charge on any atom is -0.385 e. The summed E-state index contributed by atoms with van der Waals surface area (Å²) in [5, 5.41) is 15.7. The lowest BCUT2D eigenvalue weighted by Gasteiger charge is -2.33. The Bertz CT molecular complexity index is 651. The van der Waals surface area contributed by atoms with Crippen LogP contribution in [-0.2, 0) is 11.3 Å². The van der Waals surface area contributed by atoms with E-state index in [9.17, 15) is 10.1 Å². The van der Waals surface area contributed by atoms with E-state index in [1.807, 2.05) is 38.1 Å². The van der Waals surface area contributed by atoms with Gasteiger partial charge in [-0.25, -0.2) is 0 Å². The van der Waals surface area contributed by atoms with Crippen LogP contribution in [0.5, 0.6) is 0 Å². The molecule has 0 aliphatic heterocycles. The average molecular weight is 348 g/mol. The predicted octanol–water partition coefficient (Wildman–Crippen LogP) is 4.17. The molecule has 0 atom stereocenters. The van der Waals surface area contributed by atoms with E-state index in [-0.39, 0.29) is 23.1 Å². The molecule has 0 unspecified atom stereocenters. The van der Waals surface area contributed by atoms with Crippen LogP contribution in [0.3, 0.4) is 0 Å². The highest BCUT2D eigenvalue weighted by Gasteiger charge is 2.24. The van der Waals surface area contributed by atoms with Crippen LogP contribution in [0.1, 0.15) is 46.6 Å². The zero-order valence-electron chi connectivity index (χ0n) is 15.0. The topological polar surface area (TPSA) is 64.9 Å². The van der Waals surface area contributed by atoms with Crippen molar-refractivity contribution in [3.8, 4) is 6.07 Å². The van der Waals surface area contributed by atoms with E-state index < -0.39 is 5.91 Å². The summed E-state index contributed by atoms with van der Waals surface area (Å²) < 4.78 is 0. The van der Waals surface area contributed by atoms with Crippen molar-refractivity contribution in [2.45, 2.75) is 53.1 Å². The summed E-state index contributed by atoms with van der Waals surface area (Å²) >= 11 is 6.06. The average Bonchev–Trinajstić information content (AvgIpc) is 2.44. The van der Waals surface area contributed by atoms with Gasteiger partial charge in [0.05, 0.1) is 0 Å². The maximum atomic E-state index is 12.2. The summed E-state index contributed by atoms with van der Waals surface area (Å²) in [5.74, 6) is -0.420. The molecule has 0 heterocycles. The molecule has 0 aliphatic carbocycles. The molecule has 24 heavy (non-hydrogen) atoms. The van der Waals surface area contributed by atoms with Crippen LogP contribution in [0.25, 0.3) is 0 Å². The second-order valence-corrected chi connectivity index (χ2v) is 8.12. The van der Waals surface area contributed by atoms with Crippen molar-refractivity contribution in [3.63, 3.8) is 0 Å². The van der Waals surface area contributed by atoms with E-state index in [0.717, 1.165) is 12.0 Å². The van der Waals surface area contributed by atoms with Crippen molar-refractivity contribution in [2.75, 3.05) is 0 Å². The van der Waals surface area contributed by atoms with Crippen LogP contribution in [0.15, 0.2) is 36.0 Å². The zero-order valence-corrected chi connectivity index (χ0v) is 15.8. The first-order valence-electron chi connectivity index (χ1n) is 7.94. The van der Waals surface area contributed by atoms with Crippen molar-refractivity contribution in [3.05, 3.63) is 46.6 Å². The van der Waals surface area contributed by atoms with Gasteiger partial charge in [-0.1, -0.05) is 50.6 Å². The first kappa shape index (κ1) is 20.1. The fourth-order valence-electron chi connectivity index (χ4n) is 2.71. The summed E-state index contributed by atoms with van der Waals surface area (Å²) in [7, 11) is 0. The van der Waals surface area contributed by atoms with E-state index in [4.69, 9.17) is 11.6 Å². The van der Waals surface area contributed by atoms with Gasteiger partial charge in [-0.05, 0) is 37.3 Å². The number of carbonyl (C=O) groups excluding carboxylic acids is 1. The molecule has 0 bridgehead atoms. The highest BCUT2D eigenvalue weighted by Crippen LogP contribution is 2.26. The van der Waals surface area contributed by atoms with Crippen molar-refractivity contribution in [1.82, 2.24) is 10.6 Å². The van der Waals surface area contributed by atoms with Crippen LogP contribution in [0.4, 0.5) is 0 Å². The van der Waals surface area contributed by atoms with Crippen LogP contribution in [0, 0.1) is 16.7 Å². The molecule has 0 aliphatic rings. The normalized spacial score (nSPS) is 12.5. The highest BCUT2D eigenvalue weighted by molar-refractivity contribution is 6.31. The Kier molecular flexibility index (Phi) is 6.86. The van der Waals surface area contributed by atoms with Gasteiger partial charge < -0.3 is 10.6 Å². The number of carbonyl (C=O) groups is 1. The Hall–Kier alpha value is -1.99.